The molecule has 27 heavy (non-hydrogen) atoms. The molecule has 0 saturated carbocycles. The van der Waals surface area contributed by atoms with Gasteiger partial charge in [0.2, 0.25) is 0 Å². The first-order chi connectivity index (χ1) is 12.9. The molecule has 4 rings (SSSR count). The Kier molecular flexibility index (Phi) is 4.93. The summed E-state index contributed by atoms with van der Waals surface area (Å²) in [6.07, 6.45) is 2.72. The fraction of sp³-hybridized carbons (Fsp3) is 0.350. The number of hydrogen-bond donors (Lipinski definition) is 0. The molecule has 0 unspecified atom stereocenters. The molecule has 1 aromatic carbocycles. The highest BCUT2D eigenvalue weighted by Gasteiger charge is 2.22. The number of hydrogen-bond acceptors (Lipinski definition) is 5. The van der Waals surface area contributed by atoms with Crippen molar-refractivity contribution in [3.05, 3.63) is 67.5 Å². The first-order valence-corrected chi connectivity index (χ1v) is 9.65. The zero-order valence-electron chi connectivity index (χ0n) is 15.1. The van der Waals surface area contributed by atoms with Crippen LogP contribution < -0.4 is 5.63 Å². The van der Waals surface area contributed by atoms with E-state index in [0.717, 1.165) is 30.0 Å². The highest BCUT2D eigenvalue weighted by molar-refractivity contribution is 6.37. The number of aromatic nitrogens is 2. The SMILES string of the molecule is CC(C)c1ncc2c(n1)CCN(Cc1c(Cl)c3cc(Cl)ccc3oc1=O)C2. The van der Waals surface area contributed by atoms with Gasteiger partial charge in [-0.1, -0.05) is 37.0 Å². The summed E-state index contributed by atoms with van der Waals surface area (Å²) in [5.41, 5.74) is 2.67. The van der Waals surface area contributed by atoms with Gasteiger partial charge in [-0.15, -0.1) is 0 Å². The van der Waals surface area contributed by atoms with Gasteiger partial charge >= 0.3 is 5.63 Å². The number of benzene rings is 1. The molecule has 5 nitrogen and oxygen atoms in total. The van der Waals surface area contributed by atoms with Gasteiger partial charge in [-0.25, -0.2) is 14.8 Å². The van der Waals surface area contributed by atoms with E-state index in [1.54, 1.807) is 18.2 Å². The molecule has 0 aliphatic carbocycles. The van der Waals surface area contributed by atoms with Gasteiger partial charge in [0.25, 0.3) is 0 Å². The van der Waals surface area contributed by atoms with Crippen molar-refractivity contribution in [3.63, 3.8) is 0 Å². The van der Waals surface area contributed by atoms with Gasteiger partial charge in [0, 0.05) is 59.8 Å². The van der Waals surface area contributed by atoms with Crippen molar-refractivity contribution in [1.29, 1.82) is 0 Å². The maximum Gasteiger partial charge on any atom is 0.342 e. The Hall–Kier alpha value is -1.95. The van der Waals surface area contributed by atoms with E-state index in [9.17, 15) is 4.79 Å². The molecule has 0 fully saturated rings. The number of fused-ring (bicyclic) bond motifs is 2. The van der Waals surface area contributed by atoms with Gasteiger partial charge < -0.3 is 4.42 Å². The summed E-state index contributed by atoms with van der Waals surface area (Å²) < 4.78 is 5.43. The predicted octanol–water partition coefficient (Wildman–Crippen LogP) is 4.57. The first-order valence-electron chi connectivity index (χ1n) is 8.90. The van der Waals surface area contributed by atoms with E-state index < -0.39 is 5.63 Å². The summed E-state index contributed by atoms with van der Waals surface area (Å²) >= 11 is 12.6. The van der Waals surface area contributed by atoms with Crippen LogP contribution in [0.15, 0.2) is 33.6 Å². The molecule has 7 heteroatoms. The van der Waals surface area contributed by atoms with Crippen molar-refractivity contribution < 1.29 is 4.42 Å². The van der Waals surface area contributed by atoms with Crippen LogP contribution in [0.4, 0.5) is 0 Å². The lowest BCUT2D eigenvalue weighted by atomic mass is 10.1. The summed E-state index contributed by atoms with van der Waals surface area (Å²) in [7, 11) is 0. The van der Waals surface area contributed by atoms with Crippen LogP contribution >= 0.6 is 23.2 Å². The van der Waals surface area contributed by atoms with E-state index in [2.05, 4.69) is 28.7 Å². The van der Waals surface area contributed by atoms with Crippen LogP contribution in [0.3, 0.4) is 0 Å². The Bertz CT molecular complexity index is 1080. The molecule has 1 aliphatic heterocycles. The van der Waals surface area contributed by atoms with Gasteiger partial charge in [-0.05, 0) is 18.2 Å². The standard InChI is InChI=1S/C20H19Cl2N3O2/c1-11(2)19-23-8-12-9-25(6-5-16(12)24-19)10-15-18(22)14-7-13(21)3-4-17(14)27-20(15)26/h3-4,7-8,11H,5-6,9-10H2,1-2H3. The number of nitrogens with zero attached hydrogens (tertiary/aromatic N) is 3. The largest absolute Gasteiger partial charge is 0.422 e. The Labute approximate surface area is 166 Å². The highest BCUT2D eigenvalue weighted by atomic mass is 35.5. The predicted molar refractivity (Wildman–Crippen MR) is 106 cm³/mol. The molecule has 0 radical (unpaired) electrons. The second-order valence-electron chi connectivity index (χ2n) is 7.14. The second kappa shape index (κ2) is 7.23. The summed E-state index contributed by atoms with van der Waals surface area (Å²) in [5, 5.41) is 1.61. The summed E-state index contributed by atoms with van der Waals surface area (Å²) in [6.45, 7) is 6.06. The average Bonchev–Trinajstić information content (AvgIpc) is 2.65. The fourth-order valence-electron chi connectivity index (χ4n) is 3.34. The van der Waals surface area contributed by atoms with Gasteiger partial charge in [0.1, 0.15) is 11.4 Å². The lowest BCUT2D eigenvalue weighted by Crippen LogP contribution is -2.33. The van der Waals surface area contributed by atoms with Crippen LogP contribution in [0.1, 0.15) is 42.4 Å². The zero-order chi connectivity index (χ0) is 19.1. The third-order valence-corrected chi connectivity index (χ3v) is 5.49. The minimum Gasteiger partial charge on any atom is -0.422 e. The van der Waals surface area contributed by atoms with E-state index in [1.807, 2.05) is 6.20 Å². The maximum absolute atomic E-state index is 12.4. The van der Waals surface area contributed by atoms with E-state index >= 15 is 0 Å². The van der Waals surface area contributed by atoms with Crippen LogP contribution in [0.2, 0.25) is 10.0 Å². The third kappa shape index (κ3) is 3.59. The summed E-state index contributed by atoms with van der Waals surface area (Å²) in [4.78, 5) is 23.7. The molecular weight excluding hydrogens is 385 g/mol. The lowest BCUT2D eigenvalue weighted by Gasteiger charge is -2.28. The van der Waals surface area contributed by atoms with Crippen molar-refractivity contribution in [2.45, 2.75) is 39.3 Å². The Morgan fingerprint density at radius 2 is 2.11 bits per heavy atom. The zero-order valence-corrected chi connectivity index (χ0v) is 16.6. The number of rotatable bonds is 3. The van der Waals surface area contributed by atoms with Crippen LogP contribution in [0.25, 0.3) is 11.0 Å². The monoisotopic (exact) mass is 403 g/mol. The number of halogens is 2. The summed E-state index contributed by atoms with van der Waals surface area (Å²) in [5.74, 6) is 1.18. The Balaban J connectivity index is 1.63. The van der Waals surface area contributed by atoms with Crippen molar-refractivity contribution >= 4 is 34.2 Å². The van der Waals surface area contributed by atoms with Crippen molar-refractivity contribution in [1.82, 2.24) is 14.9 Å². The van der Waals surface area contributed by atoms with E-state index in [4.69, 9.17) is 27.6 Å². The normalized spacial score (nSPS) is 14.7. The van der Waals surface area contributed by atoms with Crippen LogP contribution in [-0.4, -0.2) is 21.4 Å². The molecule has 3 heterocycles. The Morgan fingerprint density at radius 3 is 2.89 bits per heavy atom. The van der Waals surface area contributed by atoms with Gasteiger partial charge in [0.05, 0.1) is 10.6 Å². The minimum absolute atomic E-state index is 0.307. The third-order valence-electron chi connectivity index (χ3n) is 4.82. The quantitative estimate of drug-likeness (QED) is 0.599. The molecule has 0 saturated heterocycles. The lowest BCUT2D eigenvalue weighted by molar-refractivity contribution is 0.239. The molecule has 0 amide bonds. The first kappa shape index (κ1) is 18.4. The molecule has 0 bridgehead atoms. The molecule has 3 aromatic rings. The maximum atomic E-state index is 12.4. The molecule has 140 valence electrons. The van der Waals surface area contributed by atoms with Crippen LogP contribution in [0.5, 0.6) is 0 Å². The second-order valence-corrected chi connectivity index (χ2v) is 7.95. The summed E-state index contributed by atoms with van der Waals surface area (Å²) in [6, 6.07) is 5.06. The van der Waals surface area contributed by atoms with Gasteiger partial charge in [0.15, 0.2) is 0 Å². The van der Waals surface area contributed by atoms with Gasteiger partial charge in [-0.3, -0.25) is 4.90 Å². The fourth-order valence-corrected chi connectivity index (χ4v) is 3.79. The van der Waals surface area contributed by atoms with Crippen molar-refractivity contribution in [2.75, 3.05) is 6.54 Å². The molecule has 1 aliphatic rings. The topological polar surface area (TPSA) is 59.2 Å². The minimum atomic E-state index is -0.410. The highest BCUT2D eigenvalue weighted by Crippen LogP contribution is 2.29. The average molecular weight is 404 g/mol. The van der Waals surface area contributed by atoms with Crippen molar-refractivity contribution in [2.24, 2.45) is 0 Å². The van der Waals surface area contributed by atoms with Crippen LogP contribution in [0, 0.1) is 0 Å². The molecule has 2 aromatic heterocycles. The van der Waals surface area contributed by atoms with Crippen molar-refractivity contribution in [3.8, 4) is 0 Å². The van der Waals surface area contributed by atoms with E-state index in [1.165, 1.54) is 0 Å². The van der Waals surface area contributed by atoms with E-state index in [0.29, 0.717) is 45.6 Å². The smallest absolute Gasteiger partial charge is 0.342 e. The molecule has 0 atom stereocenters. The Morgan fingerprint density at radius 1 is 1.30 bits per heavy atom. The molecular formula is C20H19Cl2N3O2. The van der Waals surface area contributed by atoms with E-state index in [-0.39, 0.29) is 0 Å². The van der Waals surface area contributed by atoms with Crippen LogP contribution in [-0.2, 0) is 19.5 Å². The molecule has 0 spiro atoms. The van der Waals surface area contributed by atoms with Gasteiger partial charge in [-0.2, -0.15) is 0 Å². The molecule has 0 N–H and O–H groups in total.